The fourth-order valence-corrected chi connectivity index (χ4v) is 5.58. The topological polar surface area (TPSA) is 47.9 Å². The zero-order valence-corrected chi connectivity index (χ0v) is 15.2. The molecule has 5 rings (SSSR count). The Morgan fingerprint density at radius 1 is 1.28 bits per heavy atom. The van der Waals surface area contributed by atoms with Crippen molar-refractivity contribution in [2.24, 2.45) is 17.8 Å². The number of aliphatic hydroxyl groups is 1. The van der Waals surface area contributed by atoms with Crippen LogP contribution >= 0.6 is 0 Å². The van der Waals surface area contributed by atoms with Crippen molar-refractivity contribution < 1.29 is 19.3 Å². The Morgan fingerprint density at radius 2 is 2.16 bits per heavy atom. The maximum atomic E-state index is 9.13. The summed E-state index contributed by atoms with van der Waals surface area (Å²) in [5, 5.41) is 9.13. The molecule has 4 atom stereocenters. The summed E-state index contributed by atoms with van der Waals surface area (Å²) in [5.41, 5.74) is 2.60. The Balaban J connectivity index is 1.66. The van der Waals surface area contributed by atoms with Gasteiger partial charge in [0.1, 0.15) is 11.5 Å². The van der Waals surface area contributed by atoms with Gasteiger partial charge in [0, 0.05) is 5.56 Å². The molecular weight excluding hydrogens is 316 g/mol. The number of allylic oxidation sites excluding steroid dienone is 1. The van der Waals surface area contributed by atoms with E-state index in [0.717, 1.165) is 36.3 Å². The van der Waals surface area contributed by atoms with Crippen molar-refractivity contribution in [1.82, 2.24) is 0 Å². The average Bonchev–Trinajstić information content (AvgIpc) is 3.01. The first-order valence-corrected chi connectivity index (χ1v) is 9.46. The summed E-state index contributed by atoms with van der Waals surface area (Å²) < 4.78 is 17.7. The van der Waals surface area contributed by atoms with Gasteiger partial charge in [-0.05, 0) is 68.1 Å². The molecule has 0 aliphatic heterocycles. The maximum absolute atomic E-state index is 9.13. The average molecular weight is 344 g/mol. The lowest BCUT2D eigenvalue weighted by molar-refractivity contribution is -0.0824. The molecule has 136 valence electrons. The number of benzene rings is 1. The second-order valence-electron chi connectivity index (χ2n) is 7.62. The highest BCUT2D eigenvalue weighted by Gasteiger charge is 2.60. The van der Waals surface area contributed by atoms with Crippen LogP contribution in [0.25, 0.3) is 5.76 Å². The van der Waals surface area contributed by atoms with Crippen LogP contribution < -0.4 is 4.74 Å². The molecule has 25 heavy (non-hydrogen) atoms. The molecule has 0 amide bonds. The predicted molar refractivity (Wildman–Crippen MR) is 96.2 cm³/mol. The Labute approximate surface area is 149 Å². The van der Waals surface area contributed by atoms with Crippen molar-refractivity contribution >= 4 is 5.76 Å². The van der Waals surface area contributed by atoms with Gasteiger partial charge < -0.3 is 19.3 Å². The molecular formula is C21H28O4. The molecule has 4 aliphatic rings. The van der Waals surface area contributed by atoms with Crippen LogP contribution in [0.2, 0.25) is 0 Å². The summed E-state index contributed by atoms with van der Waals surface area (Å²) in [7, 11) is 1.78. The highest BCUT2D eigenvalue weighted by Crippen LogP contribution is 2.65. The van der Waals surface area contributed by atoms with Crippen molar-refractivity contribution in [3.05, 3.63) is 35.4 Å². The van der Waals surface area contributed by atoms with E-state index in [0.29, 0.717) is 31.0 Å². The van der Waals surface area contributed by atoms with Crippen LogP contribution in [-0.4, -0.2) is 37.6 Å². The zero-order chi connectivity index (χ0) is 17.4. The molecule has 4 fully saturated rings. The molecule has 1 aromatic carbocycles. The fourth-order valence-electron chi connectivity index (χ4n) is 5.58. The minimum absolute atomic E-state index is 0.00347. The Morgan fingerprint density at radius 3 is 2.88 bits per heavy atom. The summed E-state index contributed by atoms with van der Waals surface area (Å²) in [6.45, 7) is 3.24. The molecule has 4 heteroatoms. The number of methoxy groups -OCH3 is 1. The van der Waals surface area contributed by atoms with Gasteiger partial charge in [0.15, 0.2) is 0 Å². The van der Waals surface area contributed by atoms with Gasteiger partial charge in [-0.1, -0.05) is 12.1 Å². The summed E-state index contributed by atoms with van der Waals surface area (Å²) in [6.07, 6.45) is 4.52. The van der Waals surface area contributed by atoms with Crippen molar-refractivity contribution in [2.75, 3.05) is 26.9 Å². The third-order valence-electron chi connectivity index (χ3n) is 6.21. The standard InChI is InChI=1S/C21H28O4/c1-3-24-17-6-4-5-14(10-17)20(23-2)19-16-9-15-11-21(12-16,13-18(15)19)25-8-7-22/h4-6,10,15-16,18,22H,3,7-9,11-13H2,1-2H3/b20-19+. The van der Waals surface area contributed by atoms with E-state index in [1.807, 2.05) is 19.1 Å². The monoisotopic (exact) mass is 344 g/mol. The number of ether oxygens (including phenoxy) is 3. The third-order valence-corrected chi connectivity index (χ3v) is 6.21. The van der Waals surface area contributed by atoms with Gasteiger partial charge >= 0.3 is 0 Å². The highest BCUT2D eigenvalue weighted by molar-refractivity contribution is 5.67. The lowest BCUT2D eigenvalue weighted by atomic mass is 9.75. The highest BCUT2D eigenvalue weighted by atomic mass is 16.5. The molecule has 0 aromatic heterocycles. The molecule has 0 saturated heterocycles. The van der Waals surface area contributed by atoms with E-state index in [4.69, 9.17) is 19.3 Å². The van der Waals surface area contributed by atoms with Crippen molar-refractivity contribution in [2.45, 2.75) is 38.2 Å². The van der Waals surface area contributed by atoms with Crippen LogP contribution in [0.3, 0.4) is 0 Å². The number of rotatable bonds is 7. The van der Waals surface area contributed by atoms with Crippen LogP contribution in [0.5, 0.6) is 5.75 Å². The van der Waals surface area contributed by atoms with Gasteiger partial charge in [0.25, 0.3) is 0 Å². The van der Waals surface area contributed by atoms with Gasteiger partial charge in [0.05, 0.1) is 32.5 Å². The Hall–Kier alpha value is -1.52. The lowest BCUT2D eigenvalue weighted by Crippen LogP contribution is -2.38. The SMILES string of the molecule is CCOc1cccc(/C(OC)=C2/C3CC4CC(OCCO)(C3)CC24)c1. The maximum Gasteiger partial charge on any atom is 0.125 e. The van der Waals surface area contributed by atoms with E-state index >= 15 is 0 Å². The summed E-state index contributed by atoms with van der Waals surface area (Å²) in [5.74, 6) is 3.74. The normalized spacial score (nSPS) is 34.4. The molecule has 4 bridgehead atoms. The van der Waals surface area contributed by atoms with E-state index in [1.165, 1.54) is 12.0 Å². The van der Waals surface area contributed by atoms with Crippen LogP contribution in [0, 0.1) is 17.8 Å². The van der Waals surface area contributed by atoms with Crippen LogP contribution in [0.1, 0.15) is 38.2 Å². The van der Waals surface area contributed by atoms with Crippen molar-refractivity contribution in [3.8, 4) is 5.75 Å². The summed E-state index contributed by atoms with van der Waals surface area (Å²) in [6, 6.07) is 8.24. The zero-order valence-electron chi connectivity index (χ0n) is 15.2. The Kier molecular flexibility index (Phi) is 4.50. The van der Waals surface area contributed by atoms with Gasteiger partial charge in [0.2, 0.25) is 0 Å². The third kappa shape index (κ3) is 2.85. The van der Waals surface area contributed by atoms with Crippen molar-refractivity contribution in [1.29, 1.82) is 0 Å². The smallest absolute Gasteiger partial charge is 0.125 e. The van der Waals surface area contributed by atoms with Crippen LogP contribution in [0.4, 0.5) is 0 Å². The second-order valence-corrected chi connectivity index (χ2v) is 7.62. The van der Waals surface area contributed by atoms with E-state index in [9.17, 15) is 0 Å². The number of hydrogen-bond acceptors (Lipinski definition) is 4. The molecule has 0 radical (unpaired) electrons. The van der Waals surface area contributed by atoms with Gasteiger partial charge in [-0.25, -0.2) is 0 Å². The largest absolute Gasteiger partial charge is 0.496 e. The molecule has 1 aromatic rings. The van der Waals surface area contributed by atoms with Gasteiger partial charge in [-0.15, -0.1) is 0 Å². The van der Waals surface area contributed by atoms with Crippen LogP contribution in [0.15, 0.2) is 29.8 Å². The number of hydrogen-bond donors (Lipinski definition) is 1. The van der Waals surface area contributed by atoms with E-state index in [1.54, 1.807) is 7.11 Å². The first-order chi connectivity index (χ1) is 12.2. The molecule has 1 N–H and O–H groups in total. The summed E-state index contributed by atoms with van der Waals surface area (Å²) in [4.78, 5) is 0. The van der Waals surface area contributed by atoms with E-state index in [2.05, 4.69) is 12.1 Å². The summed E-state index contributed by atoms with van der Waals surface area (Å²) >= 11 is 0. The number of aliphatic hydroxyl groups excluding tert-OH is 1. The minimum atomic E-state index is -0.00347. The minimum Gasteiger partial charge on any atom is -0.496 e. The molecule has 4 unspecified atom stereocenters. The first-order valence-electron chi connectivity index (χ1n) is 9.46. The molecule has 4 nitrogen and oxygen atoms in total. The quantitative estimate of drug-likeness (QED) is 0.767. The Bertz CT molecular complexity index is 664. The second kappa shape index (κ2) is 6.65. The van der Waals surface area contributed by atoms with Gasteiger partial charge in [-0.2, -0.15) is 0 Å². The molecule has 4 saturated carbocycles. The molecule has 0 heterocycles. The van der Waals surface area contributed by atoms with Crippen LogP contribution in [-0.2, 0) is 9.47 Å². The van der Waals surface area contributed by atoms with Crippen molar-refractivity contribution in [3.63, 3.8) is 0 Å². The van der Waals surface area contributed by atoms with E-state index < -0.39 is 0 Å². The molecule has 4 aliphatic carbocycles. The fraction of sp³-hybridized carbons (Fsp3) is 0.619. The molecule has 0 spiro atoms. The van der Waals surface area contributed by atoms with Gasteiger partial charge in [-0.3, -0.25) is 0 Å². The lowest BCUT2D eigenvalue weighted by Gasteiger charge is -2.39. The predicted octanol–water partition coefficient (Wildman–Crippen LogP) is 3.64. The first kappa shape index (κ1) is 16.9. The van der Waals surface area contributed by atoms with E-state index in [-0.39, 0.29) is 12.2 Å².